The zero-order valence-corrected chi connectivity index (χ0v) is 36.0. The molecular formula is C62H43N3. The first-order valence-electron chi connectivity index (χ1n) is 22.3. The van der Waals surface area contributed by atoms with Gasteiger partial charge in [-0.1, -0.05) is 195 Å². The van der Waals surface area contributed by atoms with E-state index < -0.39 is 5.41 Å². The van der Waals surface area contributed by atoms with Crippen molar-refractivity contribution in [2.75, 3.05) is 0 Å². The molecule has 0 saturated heterocycles. The molecule has 3 nitrogen and oxygen atoms in total. The van der Waals surface area contributed by atoms with E-state index in [2.05, 4.69) is 199 Å². The molecule has 2 heterocycles. The maximum absolute atomic E-state index is 5.30. The van der Waals surface area contributed by atoms with Gasteiger partial charge in [-0.05, 0) is 105 Å². The molecule has 0 amide bonds. The van der Waals surface area contributed by atoms with E-state index in [-0.39, 0.29) is 0 Å². The lowest BCUT2D eigenvalue weighted by atomic mass is 9.67. The van der Waals surface area contributed by atoms with Crippen LogP contribution in [0.1, 0.15) is 29.2 Å². The number of nitrogens with zero attached hydrogens (tertiary/aromatic N) is 3. The van der Waals surface area contributed by atoms with E-state index in [1.54, 1.807) is 0 Å². The quantitative estimate of drug-likeness (QED) is 0.143. The number of benzene rings is 9. The number of aromatic nitrogens is 3. The van der Waals surface area contributed by atoms with Crippen LogP contribution in [-0.4, -0.2) is 14.5 Å². The molecule has 0 unspecified atom stereocenters. The minimum absolute atomic E-state index is 0.426. The number of para-hydroxylation sites is 3. The van der Waals surface area contributed by atoms with Crippen molar-refractivity contribution in [3.8, 4) is 44.8 Å². The summed E-state index contributed by atoms with van der Waals surface area (Å²) in [5.41, 5.74) is 18.3. The Bertz CT molecular complexity index is 3680. The maximum Gasteiger partial charge on any atom is 0.0973 e. The maximum atomic E-state index is 5.30. The standard InChI is InChI=1S/C62H43N3/c1-3-4-7-18-41(2)65-57-28-17-13-23-50(57)52-40-46(35-38-58(52)65)61-60(63-55-26-15-16-27-56(55)64-61)43-31-29-42(30-32-43)44-33-36-49-45(39-44)34-37-54-59(49)51-24-12-14-25-53(51)62(54,47-19-8-5-9-20-47)48-21-10-6-11-22-48/h3-40H,2H2,1H3/b4-3-,18-7-. The van der Waals surface area contributed by atoms with Gasteiger partial charge in [0.05, 0.1) is 38.9 Å². The van der Waals surface area contributed by atoms with Crippen LogP contribution < -0.4 is 0 Å². The van der Waals surface area contributed by atoms with Gasteiger partial charge in [0.25, 0.3) is 0 Å². The molecular weight excluding hydrogens is 787 g/mol. The Kier molecular flexibility index (Phi) is 9.10. The molecule has 3 heteroatoms. The molecule has 0 N–H and O–H groups in total. The van der Waals surface area contributed by atoms with Crippen LogP contribution >= 0.6 is 0 Å². The van der Waals surface area contributed by atoms with Crippen molar-refractivity contribution in [2.45, 2.75) is 12.3 Å². The van der Waals surface area contributed by atoms with Gasteiger partial charge >= 0.3 is 0 Å². The van der Waals surface area contributed by atoms with Gasteiger partial charge in [0.2, 0.25) is 0 Å². The number of rotatable bonds is 8. The Labute approximate surface area is 378 Å². The lowest BCUT2D eigenvalue weighted by Crippen LogP contribution is -2.28. The van der Waals surface area contributed by atoms with Crippen LogP contribution in [-0.2, 0) is 5.41 Å². The summed E-state index contributed by atoms with van der Waals surface area (Å²) in [6.45, 7) is 6.47. The first kappa shape index (κ1) is 38.3. The monoisotopic (exact) mass is 829 g/mol. The predicted molar refractivity (Wildman–Crippen MR) is 273 cm³/mol. The second-order valence-electron chi connectivity index (χ2n) is 16.9. The lowest BCUT2D eigenvalue weighted by molar-refractivity contribution is 0.769. The summed E-state index contributed by atoms with van der Waals surface area (Å²) in [7, 11) is 0. The van der Waals surface area contributed by atoms with Crippen LogP contribution in [0.3, 0.4) is 0 Å². The van der Waals surface area contributed by atoms with Gasteiger partial charge in [-0.15, -0.1) is 0 Å². The van der Waals surface area contributed by atoms with Crippen LogP contribution in [0, 0.1) is 0 Å². The molecule has 1 aliphatic carbocycles. The first-order valence-corrected chi connectivity index (χ1v) is 22.3. The van der Waals surface area contributed by atoms with Crippen molar-refractivity contribution >= 4 is 49.3 Å². The van der Waals surface area contributed by atoms with Crippen molar-refractivity contribution in [1.29, 1.82) is 0 Å². The summed E-state index contributed by atoms with van der Waals surface area (Å²) in [6.07, 6.45) is 8.14. The average Bonchev–Trinajstić information content (AvgIpc) is 3.87. The Morgan fingerprint density at radius 3 is 1.82 bits per heavy atom. The predicted octanol–water partition coefficient (Wildman–Crippen LogP) is 15.9. The third kappa shape index (κ3) is 6.04. The van der Waals surface area contributed by atoms with Gasteiger partial charge in [-0.2, -0.15) is 0 Å². The average molecular weight is 830 g/mol. The number of fused-ring (bicyclic) bond motifs is 9. The molecule has 11 aromatic rings. The highest BCUT2D eigenvalue weighted by Crippen LogP contribution is 2.57. The zero-order chi connectivity index (χ0) is 43.5. The van der Waals surface area contributed by atoms with Crippen LogP contribution in [0.15, 0.2) is 237 Å². The van der Waals surface area contributed by atoms with E-state index in [0.29, 0.717) is 0 Å². The van der Waals surface area contributed by atoms with Gasteiger partial charge in [-0.25, -0.2) is 9.97 Å². The molecule has 306 valence electrons. The van der Waals surface area contributed by atoms with Crippen LogP contribution in [0.2, 0.25) is 0 Å². The number of hydrogen-bond donors (Lipinski definition) is 0. The van der Waals surface area contributed by atoms with Gasteiger partial charge < -0.3 is 4.57 Å². The minimum Gasteiger partial charge on any atom is -0.310 e. The molecule has 1 aliphatic rings. The minimum atomic E-state index is -0.426. The Morgan fingerprint density at radius 1 is 0.477 bits per heavy atom. The van der Waals surface area contributed by atoms with Gasteiger partial charge in [-0.3, -0.25) is 0 Å². The van der Waals surface area contributed by atoms with Crippen molar-refractivity contribution in [1.82, 2.24) is 14.5 Å². The molecule has 0 aliphatic heterocycles. The highest BCUT2D eigenvalue weighted by Gasteiger charge is 2.46. The fourth-order valence-electron chi connectivity index (χ4n) is 10.5. The van der Waals surface area contributed by atoms with Crippen molar-refractivity contribution in [3.05, 3.63) is 259 Å². The van der Waals surface area contributed by atoms with Crippen LogP contribution in [0.25, 0.3) is 94.1 Å². The van der Waals surface area contributed by atoms with Crippen LogP contribution in [0.4, 0.5) is 0 Å². The Balaban J connectivity index is 0.956. The molecule has 0 atom stereocenters. The number of hydrogen-bond acceptors (Lipinski definition) is 2. The third-order valence-corrected chi connectivity index (χ3v) is 13.3. The fourth-order valence-corrected chi connectivity index (χ4v) is 10.5. The van der Waals surface area contributed by atoms with Gasteiger partial charge in [0.1, 0.15) is 0 Å². The summed E-state index contributed by atoms with van der Waals surface area (Å²) in [4.78, 5) is 10.6. The van der Waals surface area contributed by atoms with E-state index in [9.17, 15) is 0 Å². The Hall–Kier alpha value is -8.40. The Morgan fingerprint density at radius 2 is 1.08 bits per heavy atom. The van der Waals surface area contributed by atoms with Crippen molar-refractivity contribution < 1.29 is 0 Å². The smallest absolute Gasteiger partial charge is 0.0973 e. The first-order chi connectivity index (χ1) is 32.1. The molecule has 0 saturated carbocycles. The van der Waals surface area contributed by atoms with E-state index >= 15 is 0 Å². The SMILES string of the molecule is C=C(/C=C\C=C/C)n1c2ccccc2c2cc(-c3nc4ccccc4nc3-c3ccc(-c4ccc5c6c(ccc5c4)C(c4ccccc4)(c4ccccc4)c4ccccc4-6)cc3)ccc21. The van der Waals surface area contributed by atoms with E-state index in [1.165, 1.54) is 55.1 Å². The normalized spacial score (nSPS) is 13.1. The summed E-state index contributed by atoms with van der Waals surface area (Å²) in [6, 6.07) is 74.8. The topological polar surface area (TPSA) is 30.7 Å². The molecule has 0 fully saturated rings. The highest BCUT2D eigenvalue weighted by atomic mass is 15.0. The largest absolute Gasteiger partial charge is 0.310 e. The van der Waals surface area contributed by atoms with Crippen molar-refractivity contribution in [2.24, 2.45) is 0 Å². The van der Waals surface area contributed by atoms with Gasteiger partial charge in [0, 0.05) is 27.6 Å². The molecule has 9 aromatic carbocycles. The van der Waals surface area contributed by atoms with E-state index in [1.807, 2.05) is 49.4 Å². The molecule has 65 heavy (non-hydrogen) atoms. The van der Waals surface area contributed by atoms with Gasteiger partial charge in [0.15, 0.2) is 0 Å². The third-order valence-electron chi connectivity index (χ3n) is 13.3. The number of allylic oxidation sites excluding steroid dienone is 5. The second kappa shape index (κ2) is 15.4. The molecule has 0 spiro atoms. The van der Waals surface area contributed by atoms with Crippen LogP contribution in [0.5, 0.6) is 0 Å². The summed E-state index contributed by atoms with van der Waals surface area (Å²) in [5.74, 6) is 0. The lowest BCUT2D eigenvalue weighted by Gasteiger charge is -2.33. The molecule has 0 radical (unpaired) electrons. The molecule has 12 rings (SSSR count). The summed E-state index contributed by atoms with van der Waals surface area (Å²) >= 11 is 0. The van der Waals surface area contributed by atoms with E-state index in [0.717, 1.165) is 61.2 Å². The molecule has 0 bridgehead atoms. The van der Waals surface area contributed by atoms with E-state index in [4.69, 9.17) is 9.97 Å². The zero-order valence-electron chi connectivity index (χ0n) is 36.0. The fraction of sp³-hybridized carbons (Fsp3) is 0.0323. The second-order valence-corrected chi connectivity index (χ2v) is 16.9. The summed E-state index contributed by atoms with van der Waals surface area (Å²) in [5, 5.41) is 4.79. The summed E-state index contributed by atoms with van der Waals surface area (Å²) < 4.78 is 2.24. The molecule has 2 aromatic heterocycles. The highest BCUT2D eigenvalue weighted by molar-refractivity contribution is 6.12. The van der Waals surface area contributed by atoms with Crippen molar-refractivity contribution in [3.63, 3.8) is 0 Å².